The quantitative estimate of drug-likeness (QED) is 0.456. The van der Waals surface area contributed by atoms with E-state index in [9.17, 15) is 9.59 Å². The summed E-state index contributed by atoms with van der Waals surface area (Å²) in [4.78, 5) is 31.5. The van der Waals surface area contributed by atoms with E-state index in [1.807, 2.05) is 42.5 Å². The molecule has 0 bridgehead atoms. The summed E-state index contributed by atoms with van der Waals surface area (Å²) in [7, 11) is 0. The van der Waals surface area contributed by atoms with Crippen LogP contribution >= 0.6 is 0 Å². The Labute approximate surface area is 187 Å². The van der Waals surface area contributed by atoms with Crippen molar-refractivity contribution in [3.8, 4) is 17.1 Å². The molecule has 0 saturated carbocycles. The van der Waals surface area contributed by atoms with Gasteiger partial charge in [-0.25, -0.2) is 9.97 Å². The van der Waals surface area contributed by atoms with Crippen molar-refractivity contribution in [2.24, 2.45) is 0 Å². The van der Waals surface area contributed by atoms with Crippen molar-refractivity contribution in [1.29, 1.82) is 0 Å². The molecule has 1 heterocycles. The number of hydrogen-bond acceptors (Lipinski definition) is 5. The molecule has 0 aliphatic heterocycles. The maximum atomic E-state index is 12.2. The van der Waals surface area contributed by atoms with Gasteiger partial charge in [-0.15, -0.1) is 0 Å². The van der Waals surface area contributed by atoms with Gasteiger partial charge >= 0.3 is 12.0 Å². The number of carbonyl (C=O) groups is 2. The van der Waals surface area contributed by atoms with E-state index < -0.39 is 5.97 Å². The monoisotopic (exact) mass is 433 g/mol. The number of hydrogen-bond donors (Lipinski definition) is 2. The smallest absolute Gasteiger partial charge is 0.316 e. The molecule has 0 fully saturated rings. The van der Waals surface area contributed by atoms with Crippen molar-refractivity contribution in [2.45, 2.75) is 38.7 Å². The summed E-state index contributed by atoms with van der Waals surface area (Å²) in [5, 5.41) is 11.3. The van der Waals surface area contributed by atoms with Crippen LogP contribution in [-0.2, 0) is 4.79 Å². The highest BCUT2D eigenvalue weighted by Gasteiger charge is 2.16. The zero-order chi connectivity index (χ0) is 22.8. The van der Waals surface area contributed by atoms with E-state index in [-0.39, 0.29) is 25.0 Å². The van der Waals surface area contributed by atoms with E-state index in [1.54, 1.807) is 24.5 Å². The average Bonchev–Trinajstić information content (AvgIpc) is 2.82. The molecule has 2 aromatic carbocycles. The molecular weight excluding hydrogens is 406 g/mol. The molecule has 0 aliphatic carbocycles. The minimum absolute atomic E-state index is 0.0917. The Morgan fingerprint density at radius 1 is 1.00 bits per heavy atom. The van der Waals surface area contributed by atoms with Crippen LogP contribution in [0.1, 0.15) is 54.6 Å². The van der Waals surface area contributed by atoms with Crippen LogP contribution in [0.4, 0.5) is 0 Å². The van der Waals surface area contributed by atoms with Crippen molar-refractivity contribution in [2.75, 3.05) is 6.54 Å². The number of aliphatic carboxylic acids is 1. The molecule has 1 unspecified atom stereocenters. The van der Waals surface area contributed by atoms with E-state index in [1.165, 1.54) is 0 Å². The molecule has 1 amide bonds. The van der Waals surface area contributed by atoms with Gasteiger partial charge in [0.15, 0.2) is 0 Å². The van der Waals surface area contributed by atoms with Crippen molar-refractivity contribution in [3.63, 3.8) is 0 Å². The van der Waals surface area contributed by atoms with Gasteiger partial charge in [0.05, 0.1) is 6.42 Å². The Bertz CT molecular complexity index is 1010. The van der Waals surface area contributed by atoms with Crippen LogP contribution < -0.4 is 10.1 Å². The summed E-state index contributed by atoms with van der Waals surface area (Å²) >= 11 is 0. The average molecular weight is 434 g/mol. The Morgan fingerprint density at radius 3 is 2.31 bits per heavy atom. The van der Waals surface area contributed by atoms with Gasteiger partial charge in [0.2, 0.25) is 0 Å². The van der Waals surface area contributed by atoms with E-state index in [4.69, 9.17) is 9.84 Å². The molecule has 1 atom stereocenters. The van der Waals surface area contributed by atoms with Crippen LogP contribution in [0.2, 0.25) is 0 Å². The minimum atomic E-state index is -0.949. The predicted molar refractivity (Wildman–Crippen MR) is 121 cm³/mol. The summed E-state index contributed by atoms with van der Waals surface area (Å²) < 4.78 is 6.10. The second-order valence-corrected chi connectivity index (χ2v) is 7.39. The van der Waals surface area contributed by atoms with Gasteiger partial charge in [0.1, 0.15) is 6.10 Å². The van der Waals surface area contributed by atoms with Gasteiger partial charge in [0.25, 0.3) is 5.91 Å². The number of amides is 1. The van der Waals surface area contributed by atoms with Gasteiger partial charge in [-0.1, -0.05) is 55.8 Å². The SMILES string of the molecule is CCCCC(Oc1ncc(-c2ccccc2)cn1)c1ccc(C(=O)NCCC(=O)O)cc1. The summed E-state index contributed by atoms with van der Waals surface area (Å²) in [5.74, 6) is -1.25. The maximum Gasteiger partial charge on any atom is 0.316 e. The molecular formula is C25H27N3O4. The standard InChI is InChI=1S/C25H27N3O4/c1-2-3-9-22(19-10-12-20(13-11-19)24(31)26-15-14-23(29)30)32-25-27-16-21(17-28-25)18-7-5-4-6-8-18/h4-8,10-13,16-17,22H,2-3,9,14-15H2,1H3,(H,26,31)(H,29,30). The fourth-order valence-electron chi connectivity index (χ4n) is 3.20. The van der Waals surface area contributed by atoms with Gasteiger partial charge < -0.3 is 15.2 Å². The first-order chi connectivity index (χ1) is 15.6. The molecule has 3 rings (SSSR count). The van der Waals surface area contributed by atoms with Crippen molar-refractivity contribution < 1.29 is 19.4 Å². The maximum absolute atomic E-state index is 12.2. The van der Waals surface area contributed by atoms with Crippen LogP contribution in [0, 0.1) is 0 Å². The molecule has 2 N–H and O–H groups in total. The molecule has 0 aliphatic rings. The number of carboxylic acids is 1. The van der Waals surface area contributed by atoms with Crippen LogP contribution in [0.5, 0.6) is 6.01 Å². The Hall–Kier alpha value is -3.74. The fourth-order valence-corrected chi connectivity index (χ4v) is 3.20. The third kappa shape index (κ3) is 6.63. The second-order valence-electron chi connectivity index (χ2n) is 7.39. The van der Waals surface area contributed by atoms with Crippen molar-refractivity contribution in [3.05, 3.63) is 78.1 Å². The van der Waals surface area contributed by atoms with Crippen LogP contribution in [0.15, 0.2) is 67.0 Å². The van der Waals surface area contributed by atoms with Gasteiger partial charge in [-0.05, 0) is 36.1 Å². The summed E-state index contributed by atoms with van der Waals surface area (Å²) in [6.07, 6.45) is 5.95. The summed E-state index contributed by atoms with van der Waals surface area (Å²) in [6, 6.07) is 17.3. The number of nitrogens with one attached hydrogen (secondary N) is 1. The molecule has 7 nitrogen and oxygen atoms in total. The highest BCUT2D eigenvalue weighted by Crippen LogP contribution is 2.26. The lowest BCUT2D eigenvalue weighted by atomic mass is 10.0. The zero-order valence-corrected chi connectivity index (χ0v) is 18.0. The number of carboxylic acid groups (broad SMARTS) is 1. The van der Waals surface area contributed by atoms with Gasteiger partial charge in [0, 0.05) is 30.1 Å². The number of unbranched alkanes of at least 4 members (excludes halogenated alkanes) is 1. The first-order valence-corrected chi connectivity index (χ1v) is 10.7. The summed E-state index contributed by atoms with van der Waals surface area (Å²) in [5.41, 5.74) is 3.35. The minimum Gasteiger partial charge on any atom is -0.481 e. The predicted octanol–water partition coefficient (Wildman–Crippen LogP) is 4.66. The van der Waals surface area contributed by atoms with Gasteiger partial charge in [-0.3, -0.25) is 9.59 Å². The number of rotatable bonds is 11. The highest BCUT2D eigenvalue weighted by molar-refractivity contribution is 5.94. The van der Waals surface area contributed by atoms with Crippen LogP contribution in [-0.4, -0.2) is 33.5 Å². The van der Waals surface area contributed by atoms with Crippen LogP contribution in [0.25, 0.3) is 11.1 Å². The Balaban J connectivity index is 1.68. The van der Waals surface area contributed by atoms with E-state index in [2.05, 4.69) is 22.2 Å². The number of nitrogens with zero attached hydrogens (tertiary/aromatic N) is 2. The molecule has 1 aromatic heterocycles. The topological polar surface area (TPSA) is 101 Å². The van der Waals surface area contributed by atoms with E-state index in [0.29, 0.717) is 11.6 Å². The first kappa shape index (κ1) is 22.9. The Kier molecular flexibility index (Phi) is 8.31. The first-order valence-electron chi connectivity index (χ1n) is 10.7. The lowest BCUT2D eigenvalue weighted by Crippen LogP contribution is -2.26. The fraction of sp³-hybridized carbons (Fsp3) is 0.280. The lowest BCUT2D eigenvalue weighted by molar-refractivity contribution is -0.136. The third-order valence-electron chi connectivity index (χ3n) is 4.97. The van der Waals surface area contributed by atoms with Crippen molar-refractivity contribution in [1.82, 2.24) is 15.3 Å². The highest BCUT2D eigenvalue weighted by atomic mass is 16.5. The number of ether oxygens (including phenoxy) is 1. The largest absolute Gasteiger partial charge is 0.481 e. The normalized spacial score (nSPS) is 11.5. The molecule has 166 valence electrons. The molecule has 32 heavy (non-hydrogen) atoms. The molecule has 0 radical (unpaired) electrons. The number of carbonyl (C=O) groups excluding carboxylic acids is 1. The molecule has 7 heteroatoms. The second kappa shape index (κ2) is 11.6. The molecule has 3 aromatic rings. The van der Waals surface area contributed by atoms with E-state index >= 15 is 0 Å². The molecule has 0 spiro atoms. The van der Waals surface area contributed by atoms with Gasteiger partial charge in [-0.2, -0.15) is 0 Å². The zero-order valence-electron chi connectivity index (χ0n) is 18.0. The van der Waals surface area contributed by atoms with Crippen molar-refractivity contribution >= 4 is 11.9 Å². The van der Waals surface area contributed by atoms with Crippen LogP contribution in [0.3, 0.4) is 0 Å². The molecule has 0 saturated heterocycles. The lowest BCUT2D eigenvalue weighted by Gasteiger charge is -2.18. The number of aromatic nitrogens is 2. The third-order valence-corrected chi connectivity index (χ3v) is 4.97. The summed E-state index contributed by atoms with van der Waals surface area (Å²) in [6.45, 7) is 2.21. The Morgan fingerprint density at radius 2 is 1.69 bits per heavy atom. The number of benzene rings is 2. The van der Waals surface area contributed by atoms with E-state index in [0.717, 1.165) is 36.0 Å².